The van der Waals surface area contributed by atoms with Crippen molar-refractivity contribution in [3.63, 3.8) is 0 Å². The first-order valence-corrected chi connectivity index (χ1v) is 9.64. The minimum atomic E-state index is -0.571. The highest BCUT2D eigenvalue weighted by molar-refractivity contribution is 9.10. The van der Waals surface area contributed by atoms with Crippen molar-refractivity contribution in [3.05, 3.63) is 68.7 Å². The fourth-order valence-corrected chi connectivity index (χ4v) is 3.16. The molecule has 3 rings (SSSR count). The lowest BCUT2D eigenvalue weighted by molar-refractivity contribution is -0.117. The third-order valence-corrected chi connectivity index (χ3v) is 4.87. The Morgan fingerprint density at radius 1 is 1.14 bits per heavy atom. The van der Waals surface area contributed by atoms with Crippen LogP contribution in [0.3, 0.4) is 0 Å². The maximum atomic E-state index is 13.9. The number of anilines is 2. The minimum absolute atomic E-state index is 0.0444. The van der Waals surface area contributed by atoms with E-state index in [-0.39, 0.29) is 17.9 Å². The van der Waals surface area contributed by atoms with E-state index in [2.05, 4.69) is 36.9 Å². The number of aryl methyl sites for hydroxylation is 1. The van der Waals surface area contributed by atoms with E-state index in [1.807, 2.05) is 13.0 Å². The molecule has 10 heteroatoms. The Morgan fingerprint density at radius 3 is 2.55 bits per heavy atom. The molecule has 7 nitrogen and oxygen atoms in total. The van der Waals surface area contributed by atoms with Crippen LogP contribution in [0.1, 0.15) is 21.7 Å². The number of aromatic nitrogens is 3. The van der Waals surface area contributed by atoms with Gasteiger partial charge in [0.15, 0.2) is 5.69 Å². The molecule has 0 aliphatic carbocycles. The second-order valence-electron chi connectivity index (χ2n) is 6.29. The van der Waals surface area contributed by atoms with Crippen molar-refractivity contribution >= 4 is 50.7 Å². The Hall–Kier alpha value is -2.78. The molecule has 0 atom stereocenters. The fourth-order valence-electron chi connectivity index (χ4n) is 2.54. The standard InChI is InChI=1S/C19H16BrClFN5O2/c1-10-3-5-15(13(21)7-10)24-19(29)18-11(2)27(26-25-18)9-17(28)23-16-6-4-12(20)8-14(16)22/h3-8H,9H2,1-2H3,(H,23,28)(H,24,29). The maximum absolute atomic E-state index is 13.9. The number of benzene rings is 2. The molecule has 0 aliphatic rings. The summed E-state index contributed by atoms with van der Waals surface area (Å²) in [5.41, 5.74) is 1.90. The monoisotopic (exact) mass is 479 g/mol. The zero-order valence-corrected chi connectivity index (χ0v) is 17.8. The highest BCUT2D eigenvalue weighted by Crippen LogP contribution is 2.23. The fraction of sp³-hybridized carbons (Fsp3) is 0.158. The predicted octanol–water partition coefficient (Wildman–Crippen LogP) is 4.34. The summed E-state index contributed by atoms with van der Waals surface area (Å²) < 4.78 is 15.7. The average molecular weight is 481 g/mol. The highest BCUT2D eigenvalue weighted by atomic mass is 79.9. The third kappa shape index (κ3) is 4.99. The SMILES string of the molecule is Cc1ccc(NC(=O)c2nnn(CC(=O)Nc3ccc(Br)cc3F)c2C)c(Cl)c1. The summed E-state index contributed by atoms with van der Waals surface area (Å²) in [4.78, 5) is 24.7. The number of rotatable bonds is 5. The van der Waals surface area contributed by atoms with Gasteiger partial charge in [-0.25, -0.2) is 9.07 Å². The minimum Gasteiger partial charge on any atom is -0.322 e. The first-order chi connectivity index (χ1) is 13.7. The van der Waals surface area contributed by atoms with Gasteiger partial charge in [-0.15, -0.1) is 5.10 Å². The molecular formula is C19H16BrClFN5O2. The van der Waals surface area contributed by atoms with Crippen LogP contribution in [0.15, 0.2) is 40.9 Å². The van der Waals surface area contributed by atoms with Crippen molar-refractivity contribution in [2.24, 2.45) is 0 Å². The van der Waals surface area contributed by atoms with E-state index in [1.54, 1.807) is 25.1 Å². The molecule has 0 radical (unpaired) electrons. The molecule has 0 spiro atoms. The number of carbonyl (C=O) groups is 2. The van der Waals surface area contributed by atoms with Gasteiger partial charge >= 0.3 is 0 Å². The van der Waals surface area contributed by atoms with Crippen molar-refractivity contribution in [2.75, 3.05) is 10.6 Å². The molecule has 1 aromatic heterocycles. The van der Waals surface area contributed by atoms with E-state index < -0.39 is 17.6 Å². The van der Waals surface area contributed by atoms with Crippen molar-refractivity contribution in [2.45, 2.75) is 20.4 Å². The molecule has 0 bridgehead atoms. The zero-order chi connectivity index (χ0) is 21.1. The largest absolute Gasteiger partial charge is 0.322 e. The molecule has 3 aromatic rings. The zero-order valence-electron chi connectivity index (χ0n) is 15.5. The van der Waals surface area contributed by atoms with Gasteiger partial charge in [-0.05, 0) is 49.7 Å². The summed E-state index contributed by atoms with van der Waals surface area (Å²) in [6, 6.07) is 9.53. The van der Waals surface area contributed by atoms with Crippen LogP contribution in [0.4, 0.5) is 15.8 Å². The van der Waals surface area contributed by atoms with Crippen molar-refractivity contribution in [1.82, 2.24) is 15.0 Å². The molecule has 1 heterocycles. The summed E-state index contributed by atoms with van der Waals surface area (Å²) >= 11 is 9.28. The first kappa shape index (κ1) is 20.9. The second-order valence-corrected chi connectivity index (χ2v) is 7.61. The Labute approximate surface area is 179 Å². The van der Waals surface area contributed by atoms with E-state index in [0.717, 1.165) is 5.56 Å². The van der Waals surface area contributed by atoms with Gasteiger partial charge in [0.1, 0.15) is 12.4 Å². The number of carbonyl (C=O) groups excluding carboxylic acids is 2. The van der Waals surface area contributed by atoms with Crippen LogP contribution in [-0.2, 0) is 11.3 Å². The summed E-state index contributed by atoms with van der Waals surface area (Å²) in [5, 5.41) is 13.2. The molecule has 0 saturated heterocycles. The smallest absolute Gasteiger partial charge is 0.278 e. The van der Waals surface area contributed by atoms with Crippen LogP contribution >= 0.6 is 27.5 Å². The number of nitrogens with one attached hydrogen (secondary N) is 2. The Morgan fingerprint density at radius 2 is 1.86 bits per heavy atom. The van der Waals surface area contributed by atoms with Gasteiger partial charge in [0, 0.05) is 4.47 Å². The number of halogens is 3. The van der Waals surface area contributed by atoms with Crippen LogP contribution in [0.5, 0.6) is 0 Å². The van der Waals surface area contributed by atoms with Crippen molar-refractivity contribution < 1.29 is 14.0 Å². The lowest BCUT2D eigenvalue weighted by atomic mass is 10.2. The molecule has 0 unspecified atom stereocenters. The van der Waals surface area contributed by atoms with Crippen LogP contribution in [-0.4, -0.2) is 26.8 Å². The normalized spacial score (nSPS) is 10.7. The van der Waals surface area contributed by atoms with Crippen molar-refractivity contribution in [3.8, 4) is 0 Å². The molecule has 2 amide bonds. The molecule has 0 aliphatic heterocycles. The summed E-state index contributed by atoms with van der Waals surface area (Å²) in [6.45, 7) is 3.27. The highest BCUT2D eigenvalue weighted by Gasteiger charge is 2.19. The number of hydrogen-bond acceptors (Lipinski definition) is 4. The molecular weight excluding hydrogens is 465 g/mol. The molecule has 2 N–H and O–H groups in total. The van der Waals surface area contributed by atoms with Crippen LogP contribution in [0.2, 0.25) is 5.02 Å². The lowest BCUT2D eigenvalue weighted by Crippen LogP contribution is -2.21. The van der Waals surface area contributed by atoms with Gasteiger partial charge in [0.25, 0.3) is 5.91 Å². The molecule has 2 aromatic carbocycles. The van der Waals surface area contributed by atoms with Crippen LogP contribution < -0.4 is 10.6 Å². The van der Waals surface area contributed by atoms with E-state index in [0.29, 0.717) is 20.9 Å². The van der Waals surface area contributed by atoms with E-state index in [9.17, 15) is 14.0 Å². The maximum Gasteiger partial charge on any atom is 0.278 e. The van der Waals surface area contributed by atoms with Gasteiger partial charge in [-0.1, -0.05) is 38.8 Å². The Balaban J connectivity index is 1.69. The summed E-state index contributed by atoms with van der Waals surface area (Å²) in [7, 11) is 0. The molecule has 0 saturated carbocycles. The summed E-state index contributed by atoms with van der Waals surface area (Å²) in [5.74, 6) is -1.58. The number of amides is 2. The number of nitrogens with zero attached hydrogens (tertiary/aromatic N) is 3. The average Bonchev–Trinajstić information content (AvgIpc) is 3.00. The number of hydrogen-bond donors (Lipinski definition) is 2. The van der Waals surface area contributed by atoms with Gasteiger partial charge in [-0.3, -0.25) is 9.59 Å². The quantitative estimate of drug-likeness (QED) is 0.568. The predicted molar refractivity (Wildman–Crippen MR) is 112 cm³/mol. The molecule has 29 heavy (non-hydrogen) atoms. The van der Waals surface area contributed by atoms with E-state index in [1.165, 1.54) is 16.8 Å². The van der Waals surface area contributed by atoms with Gasteiger partial charge in [0.05, 0.1) is 22.1 Å². The topological polar surface area (TPSA) is 88.9 Å². The van der Waals surface area contributed by atoms with Gasteiger partial charge in [0.2, 0.25) is 5.91 Å². The summed E-state index contributed by atoms with van der Waals surface area (Å²) in [6.07, 6.45) is 0. The van der Waals surface area contributed by atoms with Crippen LogP contribution in [0.25, 0.3) is 0 Å². The van der Waals surface area contributed by atoms with Crippen LogP contribution in [0, 0.1) is 19.7 Å². The molecule has 150 valence electrons. The second kappa shape index (κ2) is 8.71. The Kier molecular flexibility index (Phi) is 6.29. The first-order valence-electron chi connectivity index (χ1n) is 8.47. The van der Waals surface area contributed by atoms with E-state index in [4.69, 9.17) is 11.6 Å². The van der Waals surface area contributed by atoms with Gasteiger partial charge < -0.3 is 10.6 Å². The van der Waals surface area contributed by atoms with Gasteiger partial charge in [-0.2, -0.15) is 0 Å². The van der Waals surface area contributed by atoms with Crippen molar-refractivity contribution in [1.29, 1.82) is 0 Å². The third-order valence-electron chi connectivity index (χ3n) is 4.07. The molecule has 0 fully saturated rings. The Bertz CT molecular complexity index is 1100. The lowest BCUT2D eigenvalue weighted by Gasteiger charge is -2.08. The van der Waals surface area contributed by atoms with E-state index >= 15 is 0 Å².